The number of pyridine rings is 1. The molecule has 0 spiro atoms. The number of aromatic nitrogens is 1. The van der Waals surface area contributed by atoms with Gasteiger partial charge in [0.2, 0.25) is 5.88 Å². The van der Waals surface area contributed by atoms with Crippen molar-refractivity contribution in [3.63, 3.8) is 0 Å². The van der Waals surface area contributed by atoms with Crippen LogP contribution in [0.3, 0.4) is 0 Å². The van der Waals surface area contributed by atoms with E-state index in [1.165, 1.54) is 19.2 Å². The molecule has 2 aromatic rings. The maximum atomic E-state index is 13.8. The minimum absolute atomic E-state index is 0.255. The van der Waals surface area contributed by atoms with E-state index >= 15 is 0 Å². The fourth-order valence-corrected chi connectivity index (χ4v) is 2.60. The van der Waals surface area contributed by atoms with E-state index < -0.39 is 17.7 Å². The molecule has 5 nitrogen and oxygen atoms in total. The molecule has 1 aromatic carbocycles. The number of carbonyl (C=O) groups excluding carboxylic acids is 1. The highest BCUT2D eigenvalue weighted by Gasteiger charge is 2.24. The Hall–Kier alpha value is -2.63. The average Bonchev–Trinajstić information content (AvgIpc) is 2.54. The third kappa shape index (κ3) is 3.48. The van der Waals surface area contributed by atoms with Gasteiger partial charge in [-0.15, -0.1) is 0 Å². The van der Waals surface area contributed by atoms with Crippen molar-refractivity contribution in [2.45, 2.75) is 26.7 Å². The predicted molar refractivity (Wildman–Crippen MR) is 90.4 cm³/mol. The van der Waals surface area contributed by atoms with Crippen molar-refractivity contribution in [1.29, 1.82) is 0 Å². The van der Waals surface area contributed by atoms with Crippen LogP contribution in [0.4, 0.5) is 10.1 Å². The van der Waals surface area contributed by atoms with E-state index in [4.69, 9.17) is 15.2 Å². The molecule has 0 aliphatic carbocycles. The number of halogens is 1. The molecular formula is C18H21FN2O3. The van der Waals surface area contributed by atoms with E-state index in [1.54, 1.807) is 32.9 Å². The largest absolute Gasteiger partial charge is 0.480 e. The summed E-state index contributed by atoms with van der Waals surface area (Å²) < 4.78 is 24.2. The third-order valence-electron chi connectivity index (χ3n) is 3.73. The van der Waals surface area contributed by atoms with Crippen LogP contribution in [0, 0.1) is 12.7 Å². The highest BCUT2D eigenvalue weighted by Crippen LogP contribution is 2.39. The van der Waals surface area contributed by atoms with Crippen molar-refractivity contribution in [1.82, 2.24) is 4.98 Å². The Morgan fingerprint density at radius 2 is 2.08 bits per heavy atom. The van der Waals surface area contributed by atoms with Gasteiger partial charge < -0.3 is 15.2 Å². The van der Waals surface area contributed by atoms with Gasteiger partial charge in [0, 0.05) is 11.4 Å². The number of methoxy groups -OCH3 is 1. The highest BCUT2D eigenvalue weighted by molar-refractivity contribution is 5.87. The molecule has 0 amide bonds. The number of hydrogen-bond acceptors (Lipinski definition) is 5. The summed E-state index contributed by atoms with van der Waals surface area (Å²) in [5.41, 5.74) is 8.90. The number of rotatable bonds is 5. The quantitative estimate of drug-likeness (QED) is 0.849. The Kier molecular flexibility index (Phi) is 5.39. The number of nitrogens with two attached hydrogens (primary N) is 1. The zero-order valence-electron chi connectivity index (χ0n) is 14.2. The van der Waals surface area contributed by atoms with Gasteiger partial charge in [0.25, 0.3) is 0 Å². The summed E-state index contributed by atoms with van der Waals surface area (Å²) in [5.74, 6) is -1.19. The molecule has 1 heterocycles. The Balaban J connectivity index is 2.66. The molecule has 0 saturated heterocycles. The Morgan fingerprint density at radius 1 is 1.38 bits per heavy atom. The van der Waals surface area contributed by atoms with E-state index in [0.717, 1.165) is 0 Å². The standard InChI is InChI=1S/C18H21FN2O3/c1-5-24-18(22)11(3)14-9-12(19)6-7-13(14)16-15(20)8-10(2)21-17(16)23-4/h6-9,11H,5H2,1-4H3,(H2,20,21). The van der Waals surface area contributed by atoms with Crippen LogP contribution >= 0.6 is 0 Å². The first-order valence-electron chi connectivity index (χ1n) is 7.66. The van der Waals surface area contributed by atoms with E-state index in [0.29, 0.717) is 34.0 Å². The van der Waals surface area contributed by atoms with Crippen molar-refractivity contribution in [3.05, 3.63) is 41.3 Å². The minimum atomic E-state index is -0.652. The molecule has 2 N–H and O–H groups in total. The average molecular weight is 332 g/mol. The van der Waals surface area contributed by atoms with Gasteiger partial charge in [0.05, 0.1) is 25.2 Å². The predicted octanol–water partition coefficient (Wildman–Crippen LogP) is 3.45. The fourth-order valence-electron chi connectivity index (χ4n) is 2.60. The van der Waals surface area contributed by atoms with Crippen LogP contribution in [0.25, 0.3) is 11.1 Å². The van der Waals surface area contributed by atoms with Gasteiger partial charge >= 0.3 is 5.97 Å². The van der Waals surface area contributed by atoms with Crippen LogP contribution in [-0.4, -0.2) is 24.7 Å². The molecule has 128 valence electrons. The van der Waals surface area contributed by atoms with E-state index in [1.807, 2.05) is 0 Å². The van der Waals surface area contributed by atoms with Gasteiger partial charge in [0.1, 0.15) is 5.82 Å². The summed E-state index contributed by atoms with van der Waals surface area (Å²) in [7, 11) is 1.49. The molecule has 0 fully saturated rings. The first-order chi connectivity index (χ1) is 11.4. The number of aryl methyl sites for hydroxylation is 1. The topological polar surface area (TPSA) is 74.4 Å². The molecule has 0 aliphatic heterocycles. The lowest BCUT2D eigenvalue weighted by atomic mass is 9.91. The number of nitrogen functional groups attached to an aromatic ring is 1. The fraction of sp³-hybridized carbons (Fsp3) is 0.333. The smallest absolute Gasteiger partial charge is 0.313 e. The first kappa shape index (κ1) is 17.7. The monoisotopic (exact) mass is 332 g/mol. The van der Waals surface area contributed by atoms with Crippen molar-refractivity contribution >= 4 is 11.7 Å². The SMILES string of the molecule is CCOC(=O)C(C)c1cc(F)ccc1-c1c(N)cc(C)nc1OC. The zero-order valence-corrected chi connectivity index (χ0v) is 14.2. The molecule has 0 bridgehead atoms. The Morgan fingerprint density at radius 3 is 2.71 bits per heavy atom. The molecular weight excluding hydrogens is 311 g/mol. The second kappa shape index (κ2) is 7.29. The van der Waals surface area contributed by atoms with Gasteiger partial charge in [-0.05, 0) is 50.1 Å². The third-order valence-corrected chi connectivity index (χ3v) is 3.73. The molecule has 1 atom stereocenters. The number of esters is 1. The molecule has 0 aliphatic rings. The van der Waals surface area contributed by atoms with Gasteiger partial charge in [-0.3, -0.25) is 4.79 Å². The molecule has 0 saturated carbocycles. The number of hydrogen-bond donors (Lipinski definition) is 1. The van der Waals surface area contributed by atoms with Crippen LogP contribution in [-0.2, 0) is 9.53 Å². The van der Waals surface area contributed by atoms with Crippen LogP contribution < -0.4 is 10.5 Å². The molecule has 0 radical (unpaired) electrons. The summed E-state index contributed by atoms with van der Waals surface area (Å²) in [6.07, 6.45) is 0. The van der Waals surface area contributed by atoms with Gasteiger partial charge in [0.15, 0.2) is 0 Å². The van der Waals surface area contributed by atoms with Crippen LogP contribution in [0.5, 0.6) is 5.88 Å². The number of nitrogens with zero attached hydrogens (tertiary/aromatic N) is 1. The maximum absolute atomic E-state index is 13.8. The summed E-state index contributed by atoms with van der Waals surface area (Å²) in [6, 6.07) is 5.91. The summed E-state index contributed by atoms with van der Waals surface area (Å²) in [4.78, 5) is 16.4. The second-order valence-electron chi connectivity index (χ2n) is 5.44. The molecule has 1 unspecified atom stereocenters. The van der Waals surface area contributed by atoms with Crippen LogP contribution in [0.15, 0.2) is 24.3 Å². The summed E-state index contributed by atoms with van der Waals surface area (Å²) in [5, 5.41) is 0. The normalized spacial score (nSPS) is 11.9. The lowest BCUT2D eigenvalue weighted by Gasteiger charge is -2.18. The number of benzene rings is 1. The van der Waals surface area contributed by atoms with Gasteiger partial charge in [-0.2, -0.15) is 0 Å². The van der Waals surface area contributed by atoms with Gasteiger partial charge in [-0.25, -0.2) is 9.37 Å². The maximum Gasteiger partial charge on any atom is 0.313 e. The highest BCUT2D eigenvalue weighted by atomic mass is 19.1. The van der Waals surface area contributed by atoms with Crippen LogP contribution in [0.2, 0.25) is 0 Å². The molecule has 24 heavy (non-hydrogen) atoms. The summed E-state index contributed by atoms with van der Waals surface area (Å²) >= 11 is 0. The Bertz CT molecular complexity index is 762. The molecule has 2 rings (SSSR count). The van der Waals surface area contributed by atoms with E-state index in [-0.39, 0.29) is 6.61 Å². The van der Waals surface area contributed by atoms with Crippen molar-refractivity contribution in [2.24, 2.45) is 0 Å². The van der Waals surface area contributed by atoms with Crippen molar-refractivity contribution in [2.75, 3.05) is 19.5 Å². The van der Waals surface area contributed by atoms with Crippen molar-refractivity contribution < 1.29 is 18.7 Å². The number of ether oxygens (including phenoxy) is 2. The number of anilines is 1. The second-order valence-corrected chi connectivity index (χ2v) is 5.44. The number of carbonyl (C=O) groups is 1. The van der Waals surface area contributed by atoms with Crippen LogP contribution in [0.1, 0.15) is 31.0 Å². The van der Waals surface area contributed by atoms with Crippen molar-refractivity contribution in [3.8, 4) is 17.0 Å². The molecule has 1 aromatic heterocycles. The lowest BCUT2D eigenvalue weighted by Crippen LogP contribution is -2.14. The Labute approximate surface area is 140 Å². The van der Waals surface area contributed by atoms with E-state index in [2.05, 4.69) is 4.98 Å². The lowest BCUT2D eigenvalue weighted by molar-refractivity contribution is -0.144. The first-order valence-corrected chi connectivity index (χ1v) is 7.66. The zero-order chi connectivity index (χ0) is 17.9. The summed E-state index contributed by atoms with van der Waals surface area (Å²) in [6.45, 7) is 5.45. The van der Waals surface area contributed by atoms with Gasteiger partial charge in [-0.1, -0.05) is 6.07 Å². The van der Waals surface area contributed by atoms with E-state index in [9.17, 15) is 9.18 Å². The minimum Gasteiger partial charge on any atom is -0.480 e. The molecule has 6 heteroatoms.